The van der Waals surface area contributed by atoms with E-state index in [1.165, 1.54) is 6.07 Å². The van der Waals surface area contributed by atoms with E-state index < -0.39 is 18.7 Å². The first-order chi connectivity index (χ1) is 8.94. The van der Waals surface area contributed by atoms with Gasteiger partial charge in [-0.3, -0.25) is 9.63 Å². The highest BCUT2D eigenvalue weighted by Crippen LogP contribution is 2.14. The van der Waals surface area contributed by atoms with Crippen molar-refractivity contribution in [2.45, 2.75) is 12.6 Å². The molecule has 1 aromatic rings. The number of nitrogens with one attached hydrogen (secondary N) is 2. The molecule has 0 aliphatic rings. The molecule has 0 heterocycles. The fourth-order valence-electron chi connectivity index (χ4n) is 1.46. The zero-order chi connectivity index (χ0) is 14.3. The molecule has 0 unspecified atom stereocenters. The summed E-state index contributed by atoms with van der Waals surface area (Å²) in [6.07, 6.45) is -3.88. The lowest BCUT2D eigenvalue weighted by molar-refractivity contribution is -0.184. The maximum absolute atomic E-state index is 11.9. The van der Waals surface area contributed by atoms with Crippen LogP contribution in [0.4, 0.5) is 13.2 Å². The highest BCUT2D eigenvalue weighted by molar-refractivity contribution is 5.94. The smallest absolute Gasteiger partial charge is 0.319 e. The molecule has 1 aromatic carbocycles. The largest absolute Gasteiger partial charge is 0.414 e. The molecule has 0 spiro atoms. The normalized spacial score (nSPS) is 11.4. The molecule has 0 radical (unpaired) electrons. The van der Waals surface area contributed by atoms with Gasteiger partial charge in [0, 0.05) is 5.56 Å². The number of carbonyl (C=O) groups is 1. The minimum Gasteiger partial charge on any atom is -0.319 e. The molecule has 1 amide bonds. The van der Waals surface area contributed by atoms with Crippen molar-refractivity contribution in [2.24, 2.45) is 0 Å². The summed E-state index contributed by atoms with van der Waals surface area (Å²) in [6.45, 7) is -0.856. The van der Waals surface area contributed by atoms with E-state index in [4.69, 9.17) is 0 Å². The number of amides is 1. The van der Waals surface area contributed by atoms with Crippen molar-refractivity contribution in [3.05, 3.63) is 35.4 Å². The molecule has 0 aliphatic heterocycles. The third kappa shape index (κ3) is 5.71. The molecule has 0 bridgehead atoms. The minimum absolute atomic E-state index is 0.305. The highest BCUT2D eigenvalue weighted by Gasteiger charge is 2.28. The van der Waals surface area contributed by atoms with Crippen LogP contribution in [0.5, 0.6) is 0 Å². The molecular formula is C12H15F3N2O2. The number of hydroxylamine groups is 1. The average molecular weight is 276 g/mol. The molecule has 0 atom stereocenters. The monoisotopic (exact) mass is 276 g/mol. The molecule has 0 aliphatic carbocycles. The lowest BCUT2D eigenvalue weighted by Crippen LogP contribution is -2.30. The van der Waals surface area contributed by atoms with Crippen LogP contribution in [0.2, 0.25) is 0 Å². The number of likely N-dealkylation sites (N-methyl/N-ethyl adjacent to an activating group) is 1. The summed E-state index contributed by atoms with van der Waals surface area (Å²) in [5.41, 5.74) is 2.84. The fraction of sp³-hybridized carbons (Fsp3) is 0.417. The topological polar surface area (TPSA) is 50.4 Å². The predicted octanol–water partition coefficient (Wildman–Crippen LogP) is 1.67. The molecule has 0 fully saturated rings. The number of benzene rings is 1. The maximum atomic E-state index is 11.9. The second-order valence-corrected chi connectivity index (χ2v) is 3.85. The van der Waals surface area contributed by atoms with E-state index in [9.17, 15) is 18.0 Å². The van der Waals surface area contributed by atoms with Gasteiger partial charge in [-0.15, -0.1) is 0 Å². The van der Waals surface area contributed by atoms with Crippen LogP contribution in [0.1, 0.15) is 15.9 Å². The second kappa shape index (κ2) is 7.10. The van der Waals surface area contributed by atoms with Gasteiger partial charge in [0.25, 0.3) is 5.91 Å². The van der Waals surface area contributed by atoms with Crippen molar-refractivity contribution in [2.75, 3.05) is 20.2 Å². The summed E-state index contributed by atoms with van der Waals surface area (Å²) < 4.78 is 35.6. The van der Waals surface area contributed by atoms with Gasteiger partial charge in [-0.2, -0.15) is 13.2 Å². The molecule has 2 N–H and O–H groups in total. The third-order valence-electron chi connectivity index (χ3n) is 2.31. The summed E-state index contributed by atoms with van der Waals surface area (Å²) in [5.74, 6) is -0.684. The molecule has 1 rings (SSSR count). The first-order valence-corrected chi connectivity index (χ1v) is 5.65. The van der Waals surface area contributed by atoms with Gasteiger partial charge >= 0.3 is 6.18 Å². The average Bonchev–Trinajstić information content (AvgIpc) is 2.35. The van der Waals surface area contributed by atoms with E-state index in [0.717, 1.165) is 5.56 Å². The van der Waals surface area contributed by atoms with Gasteiger partial charge in [0.1, 0.15) is 0 Å². The van der Waals surface area contributed by atoms with E-state index >= 15 is 0 Å². The fourth-order valence-corrected chi connectivity index (χ4v) is 1.46. The van der Waals surface area contributed by atoms with Crippen LogP contribution >= 0.6 is 0 Å². The molecular weight excluding hydrogens is 261 g/mol. The molecule has 7 heteroatoms. The van der Waals surface area contributed by atoms with Crippen LogP contribution in [0.25, 0.3) is 0 Å². The van der Waals surface area contributed by atoms with E-state index in [2.05, 4.69) is 10.2 Å². The number of halogens is 3. The van der Waals surface area contributed by atoms with Crippen molar-refractivity contribution in [1.82, 2.24) is 10.8 Å². The number of alkyl halides is 3. The summed E-state index contributed by atoms with van der Waals surface area (Å²) >= 11 is 0. The zero-order valence-electron chi connectivity index (χ0n) is 10.4. The Morgan fingerprint density at radius 2 is 2.00 bits per heavy atom. The standard InChI is InChI=1S/C12H15F3N2O2/c1-16-7-6-9-4-2-3-5-10(9)11(18)17-19-8-12(13,14)15/h2-5,16H,6-8H2,1H3,(H,17,18). The van der Waals surface area contributed by atoms with Crippen LogP contribution in [0.3, 0.4) is 0 Å². The van der Waals surface area contributed by atoms with E-state index in [1.54, 1.807) is 30.7 Å². The molecule has 19 heavy (non-hydrogen) atoms. The summed E-state index contributed by atoms with van der Waals surface area (Å²) in [6, 6.07) is 6.69. The Morgan fingerprint density at radius 1 is 1.32 bits per heavy atom. The Kier molecular flexibility index (Phi) is 5.78. The van der Waals surface area contributed by atoms with Gasteiger partial charge in [0.05, 0.1) is 0 Å². The Bertz CT molecular complexity index is 422. The molecule has 0 aromatic heterocycles. The highest BCUT2D eigenvalue weighted by atomic mass is 19.4. The first-order valence-electron chi connectivity index (χ1n) is 5.65. The van der Waals surface area contributed by atoms with Crippen molar-refractivity contribution >= 4 is 5.91 Å². The summed E-state index contributed by atoms with van der Waals surface area (Å²) in [5, 5.41) is 2.93. The number of carbonyl (C=O) groups excluding carboxylic acids is 1. The number of hydrogen-bond donors (Lipinski definition) is 2. The van der Waals surface area contributed by atoms with E-state index in [0.29, 0.717) is 18.5 Å². The zero-order valence-corrected chi connectivity index (χ0v) is 10.4. The van der Waals surface area contributed by atoms with Crippen LogP contribution in [-0.4, -0.2) is 32.3 Å². The molecule has 0 saturated carbocycles. The van der Waals surface area contributed by atoms with Crippen LogP contribution < -0.4 is 10.8 Å². The molecule has 106 valence electrons. The van der Waals surface area contributed by atoms with Gasteiger partial charge in [-0.25, -0.2) is 5.48 Å². The first kappa shape index (κ1) is 15.5. The van der Waals surface area contributed by atoms with Crippen molar-refractivity contribution in [3.8, 4) is 0 Å². The SMILES string of the molecule is CNCCc1ccccc1C(=O)NOCC(F)(F)F. The lowest BCUT2D eigenvalue weighted by Gasteiger charge is -2.11. The Labute approximate surface area is 108 Å². The molecule has 0 saturated heterocycles. The van der Waals surface area contributed by atoms with Crippen molar-refractivity contribution in [1.29, 1.82) is 0 Å². The van der Waals surface area contributed by atoms with Gasteiger partial charge < -0.3 is 5.32 Å². The van der Waals surface area contributed by atoms with Gasteiger partial charge in [0.2, 0.25) is 0 Å². The van der Waals surface area contributed by atoms with Crippen LogP contribution in [0.15, 0.2) is 24.3 Å². The number of rotatable bonds is 6. The van der Waals surface area contributed by atoms with Crippen molar-refractivity contribution < 1.29 is 22.8 Å². The van der Waals surface area contributed by atoms with Crippen molar-refractivity contribution in [3.63, 3.8) is 0 Å². The lowest BCUT2D eigenvalue weighted by atomic mass is 10.0. The van der Waals surface area contributed by atoms with Gasteiger partial charge in [-0.05, 0) is 31.6 Å². The minimum atomic E-state index is -4.47. The van der Waals surface area contributed by atoms with Gasteiger partial charge in [0.15, 0.2) is 6.61 Å². The Morgan fingerprint density at radius 3 is 2.63 bits per heavy atom. The summed E-state index contributed by atoms with van der Waals surface area (Å²) in [4.78, 5) is 15.8. The predicted molar refractivity (Wildman–Crippen MR) is 63.5 cm³/mol. The number of hydrogen-bond acceptors (Lipinski definition) is 3. The maximum Gasteiger partial charge on any atom is 0.414 e. The van der Waals surface area contributed by atoms with Gasteiger partial charge in [-0.1, -0.05) is 18.2 Å². The third-order valence-corrected chi connectivity index (χ3v) is 2.31. The Hall–Kier alpha value is -1.60. The quantitative estimate of drug-likeness (QED) is 0.777. The second-order valence-electron chi connectivity index (χ2n) is 3.85. The Balaban J connectivity index is 2.61. The van der Waals surface area contributed by atoms with E-state index in [-0.39, 0.29) is 0 Å². The summed E-state index contributed by atoms with van der Waals surface area (Å²) in [7, 11) is 1.77. The van der Waals surface area contributed by atoms with E-state index in [1.807, 2.05) is 0 Å². The van der Waals surface area contributed by atoms with Crippen LogP contribution in [0, 0.1) is 0 Å². The van der Waals surface area contributed by atoms with Crippen LogP contribution in [-0.2, 0) is 11.3 Å². The molecule has 4 nitrogen and oxygen atoms in total.